The molecular weight excluding hydrogens is 330 g/mol. The van der Waals surface area contributed by atoms with Crippen molar-refractivity contribution in [2.45, 2.75) is 25.2 Å². The van der Waals surface area contributed by atoms with E-state index in [4.69, 9.17) is 0 Å². The van der Waals surface area contributed by atoms with Crippen LogP contribution >= 0.6 is 0 Å². The Morgan fingerprint density at radius 1 is 1.24 bits per heavy atom. The van der Waals surface area contributed by atoms with E-state index in [1.54, 1.807) is 15.8 Å². The summed E-state index contributed by atoms with van der Waals surface area (Å²) >= 11 is 0. The van der Waals surface area contributed by atoms with Crippen molar-refractivity contribution in [2.75, 3.05) is 31.1 Å². The second kappa shape index (κ2) is 5.89. The third-order valence-corrected chi connectivity index (χ3v) is 5.15. The molecule has 2 aromatic heterocycles. The van der Waals surface area contributed by atoms with Crippen molar-refractivity contribution in [1.82, 2.24) is 24.6 Å². The van der Waals surface area contributed by atoms with Gasteiger partial charge in [-0.25, -0.2) is 18.7 Å². The number of piperidine rings is 1. The minimum absolute atomic E-state index is 0.0190. The first-order valence-corrected chi connectivity index (χ1v) is 8.49. The van der Waals surface area contributed by atoms with Crippen molar-refractivity contribution in [1.29, 1.82) is 0 Å². The molecule has 4 rings (SSSR count). The van der Waals surface area contributed by atoms with Crippen LogP contribution in [-0.2, 0) is 11.8 Å². The quantitative estimate of drug-likeness (QED) is 0.820. The van der Waals surface area contributed by atoms with Gasteiger partial charge in [0.25, 0.3) is 5.92 Å². The van der Waals surface area contributed by atoms with Gasteiger partial charge >= 0.3 is 0 Å². The number of halogens is 2. The summed E-state index contributed by atoms with van der Waals surface area (Å²) in [5.41, 5.74) is 0.748. The van der Waals surface area contributed by atoms with E-state index in [9.17, 15) is 13.6 Å². The van der Waals surface area contributed by atoms with Crippen molar-refractivity contribution in [3.63, 3.8) is 0 Å². The van der Waals surface area contributed by atoms with Crippen molar-refractivity contribution in [3.05, 3.63) is 12.5 Å². The number of carbonyl (C=O) groups is 1. The average molecular weight is 350 g/mol. The molecule has 0 aromatic carbocycles. The zero-order chi connectivity index (χ0) is 17.6. The fourth-order valence-corrected chi connectivity index (χ4v) is 3.67. The highest BCUT2D eigenvalue weighted by atomic mass is 19.3. The Labute approximate surface area is 143 Å². The second-order valence-electron chi connectivity index (χ2n) is 6.82. The number of alkyl halides is 2. The molecule has 2 fully saturated rings. The van der Waals surface area contributed by atoms with Gasteiger partial charge < -0.3 is 9.80 Å². The number of aryl methyl sites for hydroxylation is 1. The summed E-state index contributed by atoms with van der Waals surface area (Å²) in [6.07, 6.45) is 3.46. The molecule has 0 radical (unpaired) electrons. The molecule has 0 aliphatic carbocycles. The first-order chi connectivity index (χ1) is 11.9. The monoisotopic (exact) mass is 350 g/mol. The summed E-state index contributed by atoms with van der Waals surface area (Å²) in [5, 5.41) is 5.07. The number of hydrogen-bond acceptors (Lipinski definition) is 5. The lowest BCUT2D eigenvalue weighted by Crippen LogP contribution is -2.45. The van der Waals surface area contributed by atoms with Gasteiger partial charge in [0.15, 0.2) is 5.65 Å². The van der Waals surface area contributed by atoms with Crippen molar-refractivity contribution in [3.8, 4) is 0 Å². The van der Waals surface area contributed by atoms with Gasteiger partial charge in [0.2, 0.25) is 5.91 Å². The SMILES string of the molecule is Cn1ncc2c(N3CCC(C(=O)N4CCC(F)(F)CC4)C3)ncnc21. The molecular formula is C16H20F2N6O. The smallest absolute Gasteiger partial charge is 0.251 e. The summed E-state index contributed by atoms with van der Waals surface area (Å²) in [6, 6.07) is 0. The van der Waals surface area contributed by atoms with Gasteiger partial charge in [-0.2, -0.15) is 5.10 Å². The molecule has 2 saturated heterocycles. The lowest BCUT2D eigenvalue weighted by molar-refractivity contribution is -0.140. The van der Waals surface area contributed by atoms with Crippen LogP contribution in [0.15, 0.2) is 12.5 Å². The van der Waals surface area contributed by atoms with Crippen LogP contribution in [-0.4, -0.2) is 62.7 Å². The highest BCUT2D eigenvalue weighted by Crippen LogP contribution is 2.31. The molecule has 0 N–H and O–H groups in total. The van der Waals surface area contributed by atoms with E-state index in [0.29, 0.717) is 19.5 Å². The summed E-state index contributed by atoms with van der Waals surface area (Å²) in [7, 11) is 1.82. The van der Waals surface area contributed by atoms with Crippen LogP contribution in [0.2, 0.25) is 0 Å². The van der Waals surface area contributed by atoms with Gasteiger partial charge in [0, 0.05) is 46.1 Å². The van der Waals surface area contributed by atoms with Crippen LogP contribution in [0.4, 0.5) is 14.6 Å². The van der Waals surface area contributed by atoms with Gasteiger partial charge in [0.05, 0.1) is 17.5 Å². The van der Waals surface area contributed by atoms with E-state index >= 15 is 0 Å². The highest BCUT2D eigenvalue weighted by molar-refractivity contribution is 5.87. The van der Waals surface area contributed by atoms with Gasteiger partial charge in [-0.3, -0.25) is 9.48 Å². The van der Waals surface area contributed by atoms with Gasteiger partial charge in [0.1, 0.15) is 12.1 Å². The van der Waals surface area contributed by atoms with Gasteiger partial charge in [-0.15, -0.1) is 0 Å². The third-order valence-electron chi connectivity index (χ3n) is 5.15. The standard InChI is InChI=1S/C16H20F2N6O/c1-22-13-12(8-21-22)14(20-10-19-13)24-5-2-11(9-24)15(25)23-6-3-16(17,18)4-7-23/h8,10-11H,2-7,9H2,1H3. The summed E-state index contributed by atoms with van der Waals surface area (Å²) in [4.78, 5) is 24.9. The zero-order valence-corrected chi connectivity index (χ0v) is 14.0. The van der Waals surface area contributed by atoms with Crippen LogP contribution in [0.3, 0.4) is 0 Å². The maximum Gasteiger partial charge on any atom is 0.251 e. The molecule has 0 saturated carbocycles. The highest BCUT2D eigenvalue weighted by Gasteiger charge is 2.39. The van der Waals surface area contributed by atoms with Gasteiger partial charge in [-0.05, 0) is 6.42 Å². The summed E-state index contributed by atoms with van der Waals surface area (Å²) < 4.78 is 28.3. The predicted molar refractivity (Wildman–Crippen MR) is 87.4 cm³/mol. The van der Waals surface area contributed by atoms with Crippen molar-refractivity contribution >= 4 is 22.8 Å². The molecule has 2 aliphatic rings. The Hall–Kier alpha value is -2.32. The number of carbonyl (C=O) groups excluding carboxylic acids is 1. The third kappa shape index (κ3) is 2.91. The maximum atomic E-state index is 13.3. The summed E-state index contributed by atoms with van der Waals surface area (Å²) in [6.45, 7) is 1.54. The number of hydrogen-bond donors (Lipinski definition) is 0. The molecule has 134 valence electrons. The number of rotatable bonds is 2. The Morgan fingerprint density at radius 2 is 2.00 bits per heavy atom. The van der Waals surface area contributed by atoms with E-state index in [1.165, 1.54) is 6.33 Å². The fourth-order valence-electron chi connectivity index (χ4n) is 3.67. The van der Waals surface area contributed by atoms with E-state index < -0.39 is 5.92 Å². The van der Waals surface area contributed by atoms with Crippen LogP contribution in [0, 0.1) is 5.92 Å². The number of nitrogens with zero attached hydrogens (tertiary/aromatic N) is 6. The largest absolute Gasteiger partial charge is 0.355 e. The minimum atomic E-state index is -2.63. The summed E-state index contributed by atoms with van der Waals surface area (Å²) in [5.74, 6) is -2.05. The van der Waals surface area contributed by atoms with Crippen molar-refractivity contribution < 1.29 is 13.6 Å². The Morgan fingerprint density at radius 3 is 2.76 bits per heavy atom. The van der Waals surface area contributed by atoms with E-state index in [-0.39, 0.29) is 37.8 Å². The molecule has 0 bridgehead atoms. The normalized spacial score (nSPS) is 23.4. The number of likely N-dealkylation sites (tertiary alicyclic amines) is 1. The Balaban J connectivity index is 1.47. The van der Waals surface area contributed by atoms with Crippen molar-refractivity contribution in [2.24, 2.45) is 13.0 Å². The van der Waals surface area contributed by atoms with Crippen LogP contribution in [0.25, 0.3) is 11.0 Å². The van der Waals surface area contributed by atoms with E-state index in [1.807, 2.05) is 7.05 Å². The molecule has 1 unspecified atom stereocenters. The number of fused-ring (bicyclic) bond motifs is 1. The Kier molecular flexibility index (Phi) is 3.81. The first-order valence-electron chi connectivity index (χ1n) is 8.49. The van der Waals surface area contributed by atoms with E-state index in [0.717, 1.165) is 16.9 Å². The lowest BCUT2D eigenvalue weighted by Gasteiger charge is -2.33. The molecule has 1 amide bonds. The zero-order valence-electron chi connectivity index (χ0n) is 14.0. The van der Waals surface area contributed by atoms with Crippen LogP contribution < -0.4 is 4.90 Å². The lowest BCUT2D eigenvalue weighted by atomic mass is 10.0. The molecule has 7 nitrogen and oxygen atoms in total. The molecule has 2 aliphatic heterocycles. The molecule has 25 heavy (non-hydrogen) atoms. The van der Waals surface area contributed by atoms with E-state index in [2.05, 4.69) is 20.0 Å². The van der Waals surface area contributed by atoms with Gasteiger partial charge in [-0.1, -0.05) is 0 Å². The second-order valence-corrected chi connectivity index (χ2v) is 6.82. The maximum absolute atomic E-state index is 13.3. The molecule has 4 heterocycles. The average Bonchev–Trinajstić information content (AvgIpc) is 3.22. The van der Waals surface area contributed by atoms with Crippen LogP contribution in [0.5, 0.6) is 0 Å². The predicted octanol–water partition coefficient (Wildman–Crippen LogP) is 1.45. The minimum Gasteiger partial charge on any atom is -0.355 e. The number of anilines is 1. The Bertz CT molecular complexity index is 797. The molecule has 2 aromatic rings. The molecule has 0 spiro atoms. The molecule has 1 atom stereocenters. The fraction of sp³-hybridized carbons (Fsp3) is 0.625. The number of amides is 1. The number of aromatic nitrogens is 4. The topological polar surface area (TPSA) is 67.2 Å². The first kappa shape index (κ1) is 16.2. The van der Waals surface area contributed by atoms with Crippen LogP contribution in [0.1, 0.15) is 19.3 Å². The molecule has 9 heteroatoms.